The Morgan fingerprint density at radius 3 is 2.90 bits per heavy atom. The molecular formula is C20H16N8OS. The number of nitrogens with zero attached hydrogens (tertiary/aromatic N) is 6. The maximum atomic E-state index is 13.3. The molecule has 5 aromatic heterocycles. The Bertz CT molecular complexity index is 1580. The van der Waals surface area contributed by atoms with Crippen LogP contribution in [0, 0.1) is 0 Å². The minimum Gasteiger partial charge on any atom is -0.323 e. The Kier molecular flexibility index (Phi) is 3.62. The van der Waals surface area contributed by atoms with Crippen LogP contribution in [0.15, 0.2) is 47.7 Å². The van der Waals surface area contributed by atoms with Crippen molar-refractivity contribution in [3.05, 3.63) is 69.5 Å². The van der Waals surface area contributed by atoms with E-state index in [0.717, 1.165) is 42.9 Å². The maximum Gasteiger partial charge on any atom is 0.291 e. The van der Waals surface area contributed by atoms with Gasteiger partial charge in [-0.15, -0.1) is 11.3 Å². The largest absolute Gasteiger partial charge is 0.323 e. The lowest BCUT2D eigenvalue weighted by Crippen LogP contribution is -2.24. The second-order valence-electron chi connectivity index (χ2n) is 7.20. The van der Waals surface area contributed by atoms with Crippen LogP contribution in [0.2, 0.25) is 0 Å². The molecule has 0 aliphatic heterocycles. The summed E-state index contributed by atoms with van der Waals surface area (Å²) in [5.74, 6) is 0. The standard InChI is InChI=1S/C20H16N8OS/c1-27-17-14(18-19(27)24-16(30-18)7-12-5-6-21-25-12)9-23-28(20(17)29)10-11-3-2-4-15-13(11)8-22-26-15/h2-6,8-9H,7,10H2,1H3,(H,21,25)(H,22,26). The molecule has 0 saturated heterocycles. The quantitative estimate of drug-likeness (QED) is 0.459. The summed E-state index contributed by atoms with van der Waals surface area (Å²) in [6, 6.07) is 7.83. The first-order valence-corrected chi connectivity index (χ1v) is 10.2. The highest BCUT2D eigenvalue weighted by Gasteiger charge is 2.19. The molecule has 6 rings (SSSR count). The zero-order valence-corrected chi connectivity index (χ0v) is 16.8. The van der Waals surface area contributed by atoms with Gasteiger partial charge in [-0.25, -0.2) is 9.67 Å². The Hall–Kier alpha value is -3.79. The molecule has 148 valence electrons. The minimum absolute atomic E-state index is 0.129. The van der Waals surface area contributed by atoms with Gasteiger partial charge in [-0.05, 0) is 17.7 Å². The summed E-state index contributed by atoms with van der Waals surface area (Å²) in [7, 11) is 1.88. The molecule has 5 heterocycles. The average Bonchev–Trinajstić information content (AvgIpc) is 3.52. The summed E-state index contributed by atoms with van der Waals surface area (Å²) in [5, 5.41) is 21.3. The molecule has 30 heavy (non-hydrogen) atoms. The zero-order chi connectivity index (χ0) is 20.2. The lowest BCUT2D eigenvalue weighted by molar-refractivity contribution is 0.647. The Morgan fingerprint density at radius 2 is 2.03 bits per heavy atom. The normalized spacial score (nSPS) is 11.9. The summed E-state index contributed by atoms with van der Waals surface area (Å²) < 4.78 is 4.35. The molecule has 0 bridgehead atoms. The number of aromatic nitrogens is 8. The Labute approximate surface area is 173 Å². The van der Waals surface area contributed by atoms with Crippen molar-refractivity contribution in [1.29, 1.82) is 0 Å². The number of rotatable bonds is 4. The first kappa shape index (κ1) is 17.1. The fraction of sp³-hybridized carbons (Fsp3) is 0.150. The molecule has 0 saturated carbocycles. The van der Waals surface area contributed by atoms with Gasteiger partial charge in [-0.2, -0.15) is 15.3 Å². The van der Waals surface area contributed by atoms with E-state index in [1.807, 2.05) is 35.9 Å². The van der Waals surface area contributed by atoms with Crippen LogP contribution in [0.3, 0.4) is 0 Å². The summed E-state index contributed by atoms with van der Waals surface area (Å²) in [6.45, 7) is 0.378. The topological polar surface area (TPSA) is 110 Å². The van der Waals surface area contributed by atoms with Crippen molar-refractivity contribution >= 4 is 43.5 Å². The Morgan fingerprint density at radius 1 is 1.10 bits per heavy atom. The third-order valence-corrected chi connectivity index (χ3v) is 6.44. The molecule has 9 nitrogen and oxygen atoms in total. The van der Waals surface area contributed by atoms with Crippen molar-refractivity contribution < 1.29 is 0 Å². The predicted molar refractivity (Wildman–Crippen MR) is 115 cm³/mol. The van der Waals surface area contributed by atoms with E-state index in [0.29, 0.717) is 18.5 Å². The van der Waals surface area contributed by atoms with E-state index in [9.17, 15) is 4.79 Å². The molecule has 0 spiro atoms. The van der Waals surface area contributed by atoms with Gasteiger partial charge in [0, 0.05) is 36.1 Å². The van der Waals surface area contributed by atoms with Crippen LogP contribution in [-0.4, -0.2) is 39.7 Å². The van der Waals surface area contributed by atoms with Gasteiger partial charge in [-0.3, -0.25) is 15.0 Å². The smallest absolute Gasteiger partial charge is 0.291 e. The summed E-state index contributed by atoms with van der Waals surface area (Å²) in [4.78, 5) is 18.0. The lowest BCUT2D eigenvalue weighted by Gasteiger charge is -2.07. The first-order valence-electron chi connectivity index (χ1n) is 9.42. The molecule has 0 radical (unpaired) electrons. The monoisotopic (exact) mass is 416 g/mol. The summed E-state index contributed by atoms with van der Waals surface area (Å²) in [5.41, 5.74) is 4.23. The summed E-state index contributed by atoms with van der Waals surface area (Å²) >= 11 is 1.59. The van der Waals surface area contributed by atoms with Gasteiger partial charge in [0.2, 0.25) is 0 Å². The van der Waals surface area contributed by atoms with E-state index in [2.05, 4.69) is 25.5 Å². The van der Waals surface area contributed by atoms with Crippen molar-refractivity contribution in [2.45, 2.75) is 13.0 Å². The predicted octanol–water partition coefficient (Wildman–Crippen LogP) is 2.58. The SMILES string of the molecule is Cn1c2nc(Cc3ccn[nH]3)sc2c2cnn(Cc3cccc4[nH]ncc34)c(=O)c21. The lowest BCUT2D eigenvalue weighted by atomic mass is 10.1. The second kappa shape index (κ2) is 6.36. The average molecular weight is 416 g/mol. The van der Waals surface area contributed by atoms with Gasteiger partial charge in [-0.1, -0.05) is 12.1 Å². The van der Waals surface area contributed by atoms with Crippen molar-refractivity contribution in [2.75, 3.05) is 0 Å². The molecule has 2 N–H and O–H groups in total. The first-order chi connectivity index (χ1) is 14.7. The molecule has 0 aliphatic carbocycles. The maximum absolute atomic E-state index is 13.3. The van der Waals surface area contributed by atoms with Crippen molar-refractivity contribution in [2.24, 2.45) is 7.05 Å². The number of aromatic amines is 2. The van der Waals surface area contributed by atoms with E-state index >= 15 is 0 Å². The number of fused-ring (bicyclic) bond motifs is 4. The number of nitrogens with one attached hydrogen (secondary N) is 2. The number of benzene rings is 1. The van der Waals surface area contributed by atoms with Crippen molar-refractivity contribution in [1.82, 2.24) is 39.7 Å². The van der Waals surface area contributed by atoms with E-state index < -0.39 is 0 Å². The van der Waals surface area contributed by atoms with Gasteiger partial charge in [0.25, 0.3) is 5.56 Å². The highest BCUT2D eigenvalue weighted by atomic mass is 32.1. The van der Waals surface area contributed by atoms with Crippen LogP contribution < -0.4 is 5.56 Å². The summed E-state index contributed by atoms with van der Waals surface area (Å²) in [6.07, 6.45) is 5.96. The molecular weight excluding hydrogens is 400 g/mol. The van der Waals surface area contributed by atoms with E-state index in [1.165, 1.54) is 4.68 Å². The third-order valence-electron chi connectivity index (χ3n) is 5.36. The molecule has 1 aromatic carbocycles. The van der Waals surface area contributed by atoms with Crippen LogP contribution in [0.1, 0.15) is 16.3 Å². The minimum atomic E-state index is -0.129. The van der Waals surface area contributed by atoms with Gasteiger partial charge < -0.3 is 4.57 Å². The van der Waals surface area contributed by atoms with Gasteiger partial charge >= 0.3 is 0 Å². The Balaban J connectivity index is 1.45. The number of hydrogen-bond donors (Lipinski definition) is 2. The molecule has 6 aromatic rings. The van der Waals surface area contributed by atoms with Gasteiger partial charge in [0.05, 0.1) is 29.2 Å². The molecule has 0 fully saturated rings. The molecule has 0 unspecified atom stereocenters. The number of thiazole rings is 1. The van der Waals surface area contributed by atoms with Crippen LogP contribution in [0.4, 0.5) is 0 Å². The fourth-order valence-electron chi connectivity index (χ4n) is 3.90. The number of aryl methyl sites for hydroxylation is 1. The molecule has 10 heteroatoms. The van der Waals surface area contributed by atoms with Crippen LogP contribution in [-0.2, 0) is 20.0 Å². The molecule has 0 atom stereocenters. The second-order valence-corrected chi connectivity index (χ2v) is 8.28. The highest BCUT2D eigenvalue weighted by molar-refractivity contribution is 7.19. The highest BCUT2D eigenvalue weighted by Crippen LogP contribution is 2.31. The van der Waals surface area contributed by atoms with E-state index in [-0.39, 0.29) is 5.56 Å². The van der Waals surface area contributed by atoms with Crippen LogP contribution in [0.5, 0.6) is 0 Å². The zero-order valence-electron chi connectivity index (χ0n) is 16.0. The van der Waals surface area contributed by atoms with Crippen LogP contribution >= 0.6 is 11.3 Å². The van der Waals surface area contributed by atoms with E-state index in [4.69, 9.17) is 4.98 Å². The fourth-order valence-corrected chi connectivity index (χ4v) is 5.02. The van der Waals surface area contributed by atoms with Gasteiger partial charge in [0.1, 0.15) is 10.5 Å². The van der Waals surface area contributed by atoms with Gasteiger partial charge in [0.15, 0.2) is 5.65 Å². The third kappa shape index (κ3) is 2.50. The van der Waals surface area contributed by atoms with Crippen LogP contribution in [0.25, 0.3) is 32.2 Å². The molecule has 0 amide bonds. The van der Waals surface area contributed by atoms with Crippen molar-refractivity contribution in [3.8, 4) is 0 Å². The number of H-pyrrole nitrogens is 2. The van der Waals surface area contributed by atoms with E-state index in [1.54, 1.807) is 29.9 Å². The molecule has 0 aliphatic rings. The number of hydrogen-bond acceptors (Lipinski definition) is 6. The van der Waals surface area contributed by atoms with Crippen molar-refractivity contribution in [3.63, 3.8) is 0 Å².